The van der Waals surface area contributed by atoms with Crippen LogP contribution in [0.4, 0.5) is 0 Å². The van der Waals surface area contributed by atoms with Gasteiger partial charge in [0.25, 0.3) is 5.19 Å². The molecule has 0 saturated heterocycles. The molecule has 3 aromatic heterocycles. The lowest BCUT2D eigenvalue weighted by molar-refractivity contribution is 0.0677. The summed E-state index contributed by atoms with van der Waals surface area (Å²) in [6, 6.07) is 40.8. The summed E-state index contributed by atoms with van der Waals surface area (Å²) in [5.74, 6) is -1.03. The number of nitrogens with one attached hydrogen (secondary N) is 3. The third-order valence-electron chi connectivity index (χ3n) is 11.5. The molecule has 0 atom stereocenters. The Balaban J connectivity index is 1.19. The third-order valence-corrected chi connectivity index (χ3v) is 12.2. The van der Waals surface area contributed by atoms with E-state index in [9.17, 15) is 19.8 Å². The van der Waals surface area contributed by atoms with Crippen molar-refractivity contribution in [3.8, 4) is 33.6 Å². The summed E-state index contributed by atoms with van der Waals surface area (Å²) in [5.41, 5.74) is 17.5. The van der Waals surface area contributed by atoms with Crippen LogP contribution >= 0.6 is 11.3 Å². The fourth-order valence-corrected chi connectivity index (χ4v) is 9.14. The van der Waals surface area contributed by atoms with Gasteiger partial charge in [-0.3, -0.25) is 10.8 Å². The Hall–Kier alpha value is -8.75. The van der Waals surface area contributed by atoms with Gasteiger partial charge in [0.1, 0.15) is 40.3 Å². The first-order valence-corrected chi connectivity index (χ1v) is 21.2. The summed E-state index contributed by atoms with van der Waals surface area (Å²) < 4.78 is 14.4. The highest BCUT2D eigenvalue weighted by Gasteiger charge is 2.24. The normalized spacial score (nSPS) is 11.4. The highest BCUT2D eigenvalue weighted by Crippen LogP contribution is 2.42. The summed E-state index contributed by atoms with van der Waals surface area (Å²) in [4.78, 5) is 33.3. The van der Waals surface area contributed by atoms with E-state index in [1.54, 1.807) is 47.2 Å². The van der Waals surface area contributed by atoms with E-state index in [0.29, 0.717) is 72.1 Å². The number of aromatic amines is 1. The van der Waals surface area contributed by atoms with E-state index in [-0.39, 0.29) is 36.0 Å². The van der Waals surface area contributed by atoms with Crippen molar-refractivity contribution in [2.75, 3.05) is 0 Å². The van der Waals surface area contributed by atoms with Gasteiger partial charge in [-0.05, 0) is 122 Å². The van der Waals surface area contributed by atoms with E-state index in [4.69, 9.17) is 31.8 Å². The van der Waals surface area contributed by atoms with E-state index < -0.39 is 11.9 Å². The molecule has 0 saturated carbocycles. The first-order chi connectivity index (χ1) is 31.5. The number of H-pyrrole nitrogens is 1. The summed E-state index contributed by atoms with van der Waals surface area (Å²) in [7, 11) is 0. The van der Waals surface area contributed by atoms with Crippen LogP contribution < -0.4 is 20.9 Å². The van der Waals surface area contributed by atoms with Crippen molar-refractivity contribution >= 4 is 78.3 Å². The molecule has 0 amide bonds. The van der Waals surface area contributed by atoms with Crippen LogP contribution in [0.5, 0.6) is 22.4 Å². The predicted molar refractivity (Wildman–Crippen MR) is 254 cm³/mol. The molecule has 7 aromatic carbocycles. The van der Waals surface area contributed by atoms with Gasteiger partial charge >= 0.3 is 11.9 Å². The number of thiazole rings is 1. The second-order valence-electron chi connectivity index (χ2n) is 15.5. The van der Waals surface area contributed by atoms with Gasteiger partial charge in [0.15, 0.2) is 0 Å². The molecule has 0 aliphatic carbocycles. The van der Waals surface area contributed by atoms with Crippen LogP contribution in [0.2, 0.25) is 0 Å². The van der Waals surface area contributed by atoms with E-state index in [1.165, 1.54) is 11.3 Å². The van der Waals surface area contributed by atoms with Crippen LogP contribution in [0, 0.1) is 10.8 Å². The number of rotatable bonds is 13. The number of nitrogens with zero attached hydrogens (tertiary/aromatic N) is 2. The van der Waals surface area contributed by atoms with Crippen LogP contribution in [-0.2, 0) is 13.0 Å². The molecule has 0 fully saturated rings. The van der Waals surface area contributed by atoms with Crippen LogP contribution in [0.15, 0.2) is 145 Å². The number of para-hydroxylation sites is 1. The Labute approximate surface area is 373 Å². The molecule has 318 valence electrons. The summed E-state index contributed by atoms with van der Waals surface area (Å²) in [5, 5.41) is 44.8. The Morgan fingerprint density at radius 2 is 1.42 bits per heavy atom. The second kappa shape index (κ2) is 16.2. The van der Waals surface area contributed by atoms with Crippen LogP contribution in [-0.4, -0.2) is 48.4 Å². The fraction of sp³-hybridized carbons (Fsp3) is 0.0392. The van der Waals surface area contributed by atoms with Gasteiger partial charge in [0.2, 0.25) is 0 Å². The number of hydrogen-bond donors (Lipinski definition) is 7. The number of benzene rings is 7. The molecule has 10 aromatic rings. The van der Waals surface area contributed by atoms with Gasteiger partial charge in [-0.25, -0.2) is 14.6 Å². The zero-order chi connectivity index (χ0) is 44.9. The van der Waals surface area contributed by atoms with Crippen molar-refractivity contribution in [1.29, 1.82) is 10.8 Å². The number of aromatic nitrogens is 3. The SMILES string of the molecule is N=C(N)c1ccc2[nH]c(C(=O)O)c(Cc3cc(Oc4ccccc4)cc4c(-c5cc(C(=N)N)cc6c5cc(C(=O)O)n6Cc5cc(Oc6nccs6)cc6ccccc56)cccc34)c2c1. The van der Waals surface area contributed by atoms with Gasteiger partial charge in [-0.15, -0.1) is 0 Å². The quantitative estimate of drug-likeness (QED) is 0.0431. The lowest BCUT2D eigenvalue weighted by Gasteiger charge is -2.17. The van der Waals surface area contributed by atoms with E-state index >= 15 is 0 Å². The van der Waals surface area contributed by atoms with E-state index in [0.717, 1.165) is 32.7 Å². The Morgan fingerprint density at radius 1 is 0.662 bits per heavy atom. The number of hydrogen-bond acceptors (Lipinski definition) is 8. The van der Waals surface area contributed by atoms with Gasteiger partial charge in [0, 0.05) is 52.0 Å². The van der Waals surface area contributed by atoms with Gasteiger partial charge in [-0.2, -0.15) is 0 Å². The molecule has 65 heavy (non-hydrogen) atoms. The molecule has 0 radical (unpaired) electrons. The average Bonchev–Trinajstić information content (AvgIpc) is 4.04. The maximum absolute atomic E-state index is 13.2. The number of carbonyl (C=O) groups is 2. The molecule has 9 N–H and O–H groups in total. The third kappa shape index (κ3) is 7.53. The molecule has 0 unspecified atom stereocenters. The number of nitrogens with two attached hydrogens (primary N) is 2. The number of carboxylic acids is 2. The molecular formula is C51H37N7O6S. The highest BCUT2D eigenvalue weighted by molar-refractivity contribution is 7.11. The molecule has 3 heterocycles. The molecule has 13 nitrogen and oxygen atoms in total. The minimum absolute atomic E-state index is 0.00543. The number of amidine groups is 2. The van der Waals surface area contributed by atoms with Crippen molar-refractivity contribution in [2.24, 2.45) is 11.5 Å². The molecule has 14 heteroatoms. The second-order valence-corrected chi connectivity index (χ2v) is 16.4. The smallest absolute Gasteiger partial charge is 0.352 e. The van der Waals surface area contributed by atoms with Crippen molar-refractivity contribution < 1.29 is 29.3 Å². The first-order valence-electron chi connectivity index (χ1n) is 20.3. The average molecular weight is 876 g/mol. The van der Waals surface area contributed by atoms with Gasteiger partial charge in [-0.1, -0.05) is 72.0 Å². The lowest BCUT2D eigenvalue weighted by Crippen LogP contribution is -2.13. The highest BCUT2D eigenvalue weighted by atomic mass is 32.1. The number of ether oxygens (including phenoxy) is 2. The summed E-state index contributed by atoms with van der Waals surface area (Å²) in [6.07, 6.45) is 1.81. The Bertz CT molecular complexity index is 3580. The van der Waals surface area contributed by atoms with Crippen LogP contribution in [0.1, 0.15) is 48.8 Å². The molecular weight excluding hydrogens is 839 g/mol. The standard InChI is InChI=1S/C51H37N7O6S/c52-47(53)28-13-14-43-40(20-28)42(46(57-43)50(61)62)21-29-18-34(63-32-8-2-1-3-9-32)24-39-36(29)11-6-12-37(39)38-22-30(48(54)55)23-44-41(38)25-45(49(59)60)58(44)26-31-19-33(64-51-56-15-16-65-51)17-27-7-4-5-10-35(27)31/h1-20,22-25,57H,21,26H2,(H3,52,53)(H3,54,55)(H,59,60)(H,61,62). The Morgan fingerprint density at radius 3 is 2.17 bits per heavy atom. The van der Waals surface area contributed by atoms with Crippen LogP contribution in [0.25, 0.3) is 54.5 Å². The van der Waals surface area contributed by atoms with Crippen molar-refractivity contribution in [1.82, 2.24) is 14.5 Å². The fourth-order valence-electron chi connectivity index (χ4n) is 8.64. The monoisotopic (exact) mass is 875 g/mol. The zero-order valence-electron chi connectivity index (χ0n) is 34.3. The minimum Gasteiger partial charge on any atom is -0.477 e. The first kappa shape index (κ1) is 40.3. The minimum atomic E-state index is -1.14. The Kier molecular flexibility index (Phi) is 10.0. The van der Waals surface area contributed by atoms with E-state index in [2.05, 4.69) is 9.97 Å². The van der Waals surface area contributed by atoms with Crippen molar-refractivity contribution in [3.05, 3.63) is 184 Å². The maximum Gasteiger partial charge on any atom is 0.352 e. The molecule has 0 spiro atoms. The number of carboxylic acid groups (broad SMARTS) is 2. The van der Waals surface area contributed by atoms with E-state index in [1.807, 2.05) is 102 Å². The molecule has 0 bridgehead atoms. The number of aromatic carboxylic acids is 2. The maximum atomic E-state index is 13.2. The van der Waals surface area contributed by atoms with Gasteiger partial charge < -0.3 is 40.7 Å². The zero-order valence-corrected chi connectivity index (χ0v) is 35.1. The lowest BCUT2D eigenvalue weighted by atomic mass is 9.90. The van der Waals surface area contributed by atoms with Gasteiger partial charge in [0.05, 0.1) is 5.52 Å². The summed E-state index contributed by atoms with van der Waals surface area (Å²) >= 11 is 1.36. The largest absolute Gasteiger partial charge is 0.477 e. The molecule has 0 aliphatic heterocycles. The van der Waals surface area contributed by atoms with Crippen molar-refractivity contribution in [2.45, 2.75) is 13.0 Å². The van der Waals surface area contributed by atoms with Crippen molar-refractivity contribution in [3.63, 3.8) is 0 Å². The van der Waals surface area contributed by atoms with Crippen LogP contribution in [0.3, 0.4) is 0 Å². The number of fused-ring (bicyclic) bond motifs is 4. The molecule has 0 aliphatic rings. The number of nitrogen functional groups attached to an aromatic ring is 2. The summed E-state index contributed by atoms with van der Waals surface area (Å²) in [6.45, 7) is 0.137. The molecule has 10 rings (SSSR count). The topological polar surface area (TPSA) is 226 Å². The predicted octanol–water partition coefficient (Wildman–Crippen LogP) is 10.7.